The smallest absolute Gasteiger partial charge is 0.224 e. The molecule has 2 aromatic rings. The number of aromatic nitrogens is 2. The van der Waals surface area contributed by atoms with Gasteiger partial charge in [0, 0.05) is 12.0 Å². The largest absolute Gasteiger partial charge is 0.433 e. The van der Waals surface area contributed by atoms with Crippen molar-refractivity contribution in [2.24, 2.45) is 0 Å². The molecule has 0 bridgehead atoms. The Morgan fingerprint density at radius 2 is 1.84 bits per heavy atom. The summed E-state index contributed by atoms with van der Waals surface area (Å²) in [6.45, 7) is 0. The fraction of sp³-hybridized carbons (Fsp3) is 0.231. The molecular formula is C13H9ClF2N2O. The van der Waals surface area contributed by atoms with Crippen molar-refractivity contribution in [3.63, 3.8) is 0 Å². The fourth-order valence-electron chi connectivity index (χ4n) is 1.67. The maximum Gasteiger partial charge on any atom is 0.224 e. The molecule has 6 heteroatoms. The minimum Gasteiger partial charge on any atom is -0.433 e. The van der Waals surface area contributed by atoms with Crippen molar-refractivity contribution in [2.45, 2.75) is 18.8 Å². The van der Waals surface area contributed by atoms with Crippen molar-refractivity contribution in [1.82, 2.24) is 9.97 Å². The molecule has 0 amide bonds. The van der Waals surface area contributed by atoms with Crippen LogP contribution in [0.2, 0.25) is 5.15 Å². The van der Waals surface area contributed by atoms with E-state index < -0.39 is 17.4 Å². The van der Waals surface area contributed by atoms with E-state index in [-0.39, 0.29) is 17.0 Å². The molecule has 1 heterocycles. The molecule has 0 radical (unpaired) electrons. The molecule has 0 atom stereocenters. The predicted molar refractivity (Wildman–Crippen MR) is 65.4 cm³/mol. The summed E-state index contributed by atoms with van der Waals surface area (Å²) in [4.78, 5) is 8.19. The van der Waals surface area contributed by atoms with Gasteiger partial charge in [0.05, 0.1) is 0 Å². The fourth-order valence-corrected chi connectivity index (χ4v) is 1.85. The zero-order chi connectivity index (χ0) is 13.4. The van der Waals surface area contributed by atoms with Crippen molar-refractivity contribution in [3.8, 4) is 11.6 Å². The van der Waals surface area contributed by atoms with Gasteiger partial charge in [-0.15, -0.1) is 0 Å². The second kappa shape index (κ2) is 4.74. The van der Waals surface area contributed by atoms with E-state index in [0.29, 0.717) is 5.82 Å². The van der Waals surface area contributed by atoms with Crippen molar-refractivity contribution in [1.29, 1.82) is 0 Å². The molecule has 1 aliphatic carbocycles. The summed E-state index contributed by atoms with van der Waals surface area (Å²) >= 11 is 5.85. The third-order valence-corrected chi connectivity index (χ3v) is 2.95. The molecule has 0 unspecified atom stereocenters. The molecule has 98 valence electrons. The zero-order valence-electron chi connectivity index (χ0n) is 9.74. The van der Waals surface area contributed by atoms with E-state index in [2.05, 4.69) is 9.97 Å². The molecular weight excluding hydrogens is 274 g/mol. The highest BCUT2D eigenvalue weighted by molar-refractivity contribution is 6.29. The van der Waals surface area contributed by atoms with E-state index in [0.717, 1.165) is 25.0 Å². The number of para-hydroxylation sites is 1. The predicted octanol–water partition coefficient (Wildman–Crippen LogP) is 4.08. The first kappa shape index (κ1) is 12.3. The Kier molecular flexibility index (Phi) is 3.06. The van der Waals surface area contributed by atoms with Crippen LogP contribution in [0.25, 0.3) is 0 Å². The van der Waals surface area contributed by atoms with Crippen LogP contribution in [0, 0.1) is 11.6 Å². The topological polar surface area (TPSA) is 35.0 Å². The molecule has 0 aliphatic heterocycles. The Bertz CT molecular complexity index is 612. The van der Waals surface area contributed by atoms with Crippen molar-refractivity contribution in [2.75, 3.05) is 0 Å². The van der Waals surface area contributed by atoms with Gasteiger partial charge in [-0.3, -0.25) is 0 Å². The maximum absolute atomic E-state index is 13.5. The standard InChI is InChI=1S/C13H9ClF2N2O/c14-10-6-11(18-13(17-10)7-4-5-7)19-12-8(15)2-1-3-9(12)16/h1-3,6-7H,4-5H2. The Balaban J connectivity index is 1.94. The van der Waals surface area contributed by atoms with Gasteiger partial charge in [0.1, 0.15) is 11.0 Å². The van der Waals surface area contributed by atoms with Crippen molar-refractivity contribution in [3.05, 3.63) is 46.9 Å². The monoisotopic (exact) mass is 282 g/mol. The van der Waals surface area contributed by atoms with E-state index >= 15 is 0 Å². The molecule has 0 spiro atoms. The lowest BCUT2D eigenvalue weighted by atomic mass is 10.3. The third kappa shape index (κ3) is 2.66. The van der Waals surface area contributed by atoms with Gasteiger partial charge in [-0.25, -0.2) is 13.8 Å². The van der Waals surface area contributed by atoms with Crippen molar-refractivity contribution >= 4 is 11.6 Å². The number of rotatable bonds is 3. The highest BCUT2D eigenvalue weighted by Gasteiger charge is 2.27. The number of ether oxygens (including phenoxy) is 1. The average molecular weight is 283 g/mol. The minimum absolute atomic E-state index is 0.0471. The highest BCUT2D eigenvalue weighted by atomic mass is 35.5. The lowest BCUT2D eigenvalue weighted by molar-refractivity contribution is 0.393. The summed E-state index contributed by atoms with van der Waals surface area (Å²) in [5, 5.41) is 0.198. The first-order chi connectivity index (χ1) is 9.13. The van der Waals surface area contributed by atoms with Crippen LogP contribution in [0.5, 0.6) is 11.6 Å². The third-order valence-electron chi connectivity index (χ3n) is 2.76. The molecule has 19 heavy (non-hydrogen) atoms. The zero-order valence-corrected chi connectivity index (χ0v) is 10.5. The van der Waals surface area contributed by atoms with Gasteiger partial charge in [-0.2, -0.15) is 4.98 Å². The van der Waals surface area contributed by atoms with Crippen LogP contribution in [-0.2, 0) is 0 Å². The van der Waals surface area contributed by atoms with Crippen LogP contribution in [-0.4, -0.2) is 9.97 Å². The van der Waals surface area contributed by atoms with Gasteiger partial charge in [-0.1, -0.05) is 17.7 Å². The molecule has 1 aromatic carbocycles. The van der Waals surface area contributed by atoms with E-state index in [9.17, 15) is 8.78 Å². The first-order valence-electron chi connectivity index (χ1n) is 5.80. The number of halogens is 3. The summed E-state index contributed by atoms with van der Waals surface area (Å²) < 4.78 is 32.1. The lowest BCUT2D eigenvalue weighted by Crippen LogP contribution is -1.98. The van der Waals surface area contributed by atoms with Gasteiger partial charge in [0.25, 0.3) is 0 Å². The molecule has 0 saturated heterocycles. The van der Waals surface area contributed by atoms with E-state index in [4.69, 9.17) is 16.3 Å². The highest BCUT2D eigenvalue weighted by Crippen LogP contribution is 2.39. The van der Waals surface area contributed by atoms with E-state index in [1.165, 1.54) is 12.1 Å². The molecule has 1 saturated carbocycles. The van der Waals surface area contributed by atoms with Gasteiger partial charge in [0.2, 0.25) is 11.6 Å². The summed E-state index contributed by atoms with van der Waals surface area (Å²) in [7, 11) is 0. The van der Waals surface area contributed by atoms with E-state index in [1.54, 1.807) is 0 Å². The van der Waals surface area contributed by atoms with Gasteiger partial charge >= 0.3 is 0 Å². The van der Waals surface area contributed by atoms with E-state index in [1.807, 2.05) is 0 Å². The van der Waals surface area contributed by atoms with Crippen LogP contribution in [0.4, 0.5) is 8.78 Å². The Morgan fingerprint density at radius 1 is 1.16 bits per heavy atom. The molecule has 3 nitrogen and oxygen atoms in total. The minimum atomic E-state index is -0.789. The molecule has 1 aromatic heterocycles. The second-order valence-electron chi connectivity index (χ2n) is 4.31. The lowest BCUT2D eigenvalue weighted by Gasteiger charge is -2.08. The second-order valence-corrected chi connectivity index (χ2v) is 4.70. The number of benzene rings is 1. The summed E-state index contributed by atoms with van der Waals surface area (Å²) in [6, 6.07) is 4.82. The Hall–Kier alpha value is -1.75. The van der Waals surface area contributed by atoms with Crippen LogP contribution >= 0.6 is 11.6 Å². The summed E-state index contributed by atoms with van der Waals surface area (Å²) in [5.41, 5.74) is 0. The Morgan fingerprint density at radius 3 is 2.47 bits per heavy atom. The molecule has 1 aliphatic rings. The quantitative estimate of drug-likeness (QED) is 0.796. The Labute approximate surface area is 113 Å². The molecule has 3 rings (SSSR count). The van der Waals surface area contributed by atoms with Gasteiger partial charge in [-0.05, 0) is 25.0 Å². The first-order valence-corrected chi connectivity index (χ1v) is 6.17. The normalized spacial score (nSPS) is 14.5. The number of hydrogen-bond donors (Lipinski definition) is 0. The summed E-state index contributed by atoms with van der Waals surface area (Å²) in [6.07, 6.45) is 1.99. The van der Waals surface area contributed by atoms with Crippen LogP contribution in [0.15, 0.2) is 24.3 Å². The SMILES string of the molecule is Fc1cccc(F)c1Oc1cc(Cl)nc(C2CC2)n1. The van der Waals surface area contributed by atoms with Crippen LogP contribution < -0.4 is 4.74 Å². The summed E-state index contributed by atoms with van der Waals surface area (Å²) in [5.74, 6) is -1.19. The molecule has 0 N–H and O–H groups in total. The van der Waals surface area contributed by atoms with Crippen LogP contribution in [0.1, 0.15) is 24.6 Å². The van der Waals surface area contributed by atoms with Gasteiger partial charge in [0.15, 0.2) is 11.6 Å². The molecule has 1 fully saturated rings. The number of nitrogens with zero attached hydrogens (tertiary/aromatic N) is 2. The van der Waals surface area contributed by atoms with Gasteiger partial charge < -0.3 is 4.74 Å². The van der Waals surface area contributed by atoms with Crippen LogP contribution in [0.3, 0.4) is 0 Å². The van der Waals surface area contributed by atoms with Crippen molar-refractivity contribution < 1.29 is 13.5 Å². The number of hydrogen-bond acceptors (Lipinski definition) is 3. The average Bonchev–Trinajstić information content (AvgIpc) is 3.17. The maximum atomic E-state index is 13.5.